The van der Waals surface area contributed by atoms with Crippen LogP contribution in [0, 0.1) is 20.8 Å². The zero-order valence-corrected chi connectivity index (χ0v) is 27.2. The third-order valence-electron chi connectivity index (χ3n) is 7.91. The second-order valence-corrected chi connectivity index (χ2v) is 12.7. The van der Waals surface area contributed by atoms with Gasteiger partial charge in [0.15, 0.2) is 11.0 Å². The molecule has 1 aromatic heterocycles. The molecule has 1 fully saturated rings. The Kier molecular flexibility index (Phi) is 10.0. The van der Waals surface area contributed by atoms with Crippen LogP contribution in [0.5, 0.6) is 5.75 Å². The number of anilines is 1. The van der Waals surface area contributed by atoms with Crippen molar-refractivity contribution in [1.29, 1.82) is 0 Å². The summed E-state index contributed by atoms with van der Waals surface area (Å²) in [4.78, 5) is 24.0. The van der Waals surface area contributed by atoms with Crippen LogP contribution >= 0.6 is 11.8 Å². The predicted octanol–water partition coefficient (Wildman–Crippen LogP) is 8.35. The molecule has 5 rings (SSSR count). The normalized spacial score (nSPS) is 16.8. The Morgan fingerprint density at radius 3 is 2.41 bits per heavy atom. The van der Waals surface area contributed by atoms with Gasteiger partial charge in [0, 0.05) is 29.6 Å². The smallest absolute Gasteiger partial charge is 0.406 e. The third kappa shape index (κ3) is 8.09. The number of urea groups is 1. The first-order valence-corrected chi connectivity index (χ1v) is 16.1. The van der Waals surface area contributed by atoms with Crippen molar-refractivity contribution in [1.82, 2.24) is 20.1 Å². The quantitative estimate of drug-likeness (QED) is 0.206. The van der Waals surface area contributed by atoms with E-state index in [1.807, 2.05) is 24.3 Å². The summed E-state index contributed by atoms with van der Waals surface area (Å²) in [5.74, 6) is 1.29. The number of hydrogen-bond donors (Lipinski definition) is 1. The number of hydrogen-bond acceptors (Lipinski definition) is 5. The summed E-state index contributed by atoms with van der Waals surface area (Å²) in [6, 6.07) is 17.5. The van der Waals surface area contributed by atoms with Gasteiger partial charge < -0.3 is 15.0 Å². The predicted molar refractivity (Wildman–Crippen MR) is 177 cm³/mol. The average molecular weight is 651 g/mol. The fraction of sp³-hybridized carbons (Fsp3) is 0.353. The number of benzene rings is 3. The van der Waals surface area contributed by atoms with Crippen LogP contribution in [-0.2, 0) is 0 Å². The largest absolute Gasteiger partial charge is 0.573 e. The number of aliphatic imine (C=N–C) groups is 1. The SMILES string of the molecule is Cc1cc(C)c(N2/C(=N/C(=O)NCCC(C)c3ccc(-c4ncn(-c5ccc(OC(F)(F)F)cc5)n4)cc3)SCCC2C)c(C)c1. The monoisotopic (exact) mass is 650 g/mol. The van der Waals surface area contributed by atoms with Crippen molar-refractivity contribution in [2.75, 3.05) is 17.2 Å². The molecule has 2 heterocycles. The van der Waals surface area contributed by atoms with E-state index in [0.29, 0.717) is 18.1 Å². The molecule has 0 bridgehead atoms. The lowest BCUT2D eigenvalue weighted by atomic mass is 9.96. The maximum Gasteiger partial charge on any atom is 0.573 e. The number of amidine groups is 1. The number of ether oxygens (including phenoxy) is 1. The Labute approximate surface area is 271 Å². The molecule has 4 aromatic rings. The minimum absolute atomic E-state index is 0.184. The molecule has 8 nitrogen and oxygen atoms in total. The summed E-state index contributed by atoms with van der Waals surface area (Å²) in [5, 5.41) is 8.17. The van der Waals surface area contributed by atoms with Crippen molar-refractivity contribution < 1.29 is 22.7 Å². The number of halogens is 3. The van der Waals surface area contributed by atoms with Crippen molar-refractivity contribution in [2.45, 2.75) is 65.8 Å². The van der Waals surface area contributed by atoms with Crippen LogP contribution in [0.25, 0.3) is 17.1 Å². The van der Waals surface area contributed by atoms with Gasteiger partial charge in [-0.05, 0) is 87.4 Å². The Balaban J connectivity index is 1.17. The molecule has 0 saturated carbocycles. The summed E-state index contributed by atoms with van der Waals surface area (Å²) in [7, 11) is 0. The van der Waals surface area contributed by atoms with Gasteiger partial charge in [-0.2, -0.15) is 4.99 Å². The Hall–Kier alpha value is -4.32. The number of alkyl halides is 3. The van der Waals surface area contributed by atoms with Gasteiger partial charge in [0.05, 0.1) is 5.69 Å². The zero-order chi connectivity index (χ0) is 33.0. The van der Waals surface area contributed by atoms with Gasteiger partial charge >= 0.3 is 12.4 Å². The number of aryl methyl sites for hydroxylation is 3. The van der Waals surface area contributed by atoms with E-state index in [4.69, 9.17) is 0 Å². The molecule has 1 aliphatic heterocycles. The van der Waals surface area contributed by atoms with Crippen molar-refractivity contribution in [3.63, 3.8) is 0 Å². The van der Waals surface area contributed by atoms with E-state index in [2.05, 4.69) is 76.8 Å². The van der Waals surface area contributed by atoms with Crippen LogP contribution in [0.2, 0.25) is 0 Å². The number of amides is 2. The molecular weight excluding hydrogens is 613 g/mol. The fourth-order valence-corrected chi connectivity index (χ4v) is 6.83. The van der Waals surface area contributed by atoms with Crippen LogP contribution in [0.15, 0.2) is 72.0 Å². The van der Waals surface area contributed by atoms with E-state index in [-0.39, 0.29) is 23.7 Å². The maximum atomic E-state index is 12.9. The van der Waals surface area contributed by atoms with Crippen molar-refractivity contribution in [3.05, 3.63) is 89.2 Å². The van der Waals surface area contributed by atoms with Crippen molar-refractivity contribution in [3.8, 4) is 22.8 Å². The standard InChI is InChI=1S/C34H37F3N6O2S/c1-21-18-23(3)30(24(4)19-21)43-25(5)15-17-46-33(43)40-32(44)38-16-14-22(2)26-6-8-27(9-7-26)31-39-20-42(41-31)28-10-12-29(13-11-28)45-34(35,36)37/h6-13,18-20,22,25H,14-17H2,1-5H3,(H,38,44)/b40-33-. The molecule has 0 aliphatic carbocycles. The van der Waals surface area contributed by atoms with E-state index >= 15 is 0 Å². The average Bonchev–Trinajstić information content (AvgIpc) is 3.48. The van der Waals surface area contributed by atoms with E-state index in [0.717, 1.165) is 40.6 Å². The lowest BCUT2D eigenvalue weighted by Gasteiger charge is -2.37. The van der Waals surface area contributed by atoms with Gasteiger partial charge in [0.2, 0.25) is 0 Å². The molecule has 1 N–H and O–H groups in total. The molecule has 242 valence electrons. The summed E-state index contributed by atoms with van der Waals surface area (Å²) < 4.78 is 42.7. The van der Waals surface area contributed by atoms with Crippen LogP contribution < -0.4 is 15.0 Å². The van der Waals surface area contributed by atoms with E-state index in [1.54, 1.807) is 11.8 Å². The van der Waals surface area contributed by atoms with E-state index < -0.39 is 6.36 Å². The van der Waals surface area contributed by atoms with Gasteiger partial charge in [0.25, 0.3) is 0 Å². The molecular formula is C34H37F3N6O2S. The van der Waals surface area contributed by atoms with Gasteiger partial charge in [-0.1, -0.05) is 60.6 Å². The number of carbonyl (C=O) groups is 1. The molecule has 1 aliphatic rings. The molecule has 46 heavy (non-hydrogen) atoms. The zero-order valence-electron chi connectivity index (χ0n) is 26.4. The number of thioether (sulfide) groups is 1. The topological polar surface area (TPSA) is 84.6 Å². The summed E-state index contributed by atoms with van der Waals surface area (Å²) in [5.41, 5.74) is 7.17. The second kappa shape index (κ2) is 14.0. The van der Waals surface area contributed by atoms with E-state index in [9.17, 15) is 18.0 Å². The Morgan fingerprint density at radius 2 is 1.76 bits per heavy atom. The number of nitrogens with zero attached hydrogens (tertiary/aromatic N) is 5. The molecule has 0 radical (unpaired) electrons. The van der Waals surface area contributed by atoms with Crippen molar-refractivity contribution >= 4 is 28.6 Å². The van der Waals surface area contributed by atoms with Gasteiger partial charge in [0.1, 0.15) is 12.1 Å². The molecule has 2 atom stereocenters. The van der Waals surface area contributed by atoms with Crippen LogP contribution in [-0.4, -0.2) is 50.7 Å². The fourth-order valence-electron chi connectivity index (χ4n) is 5.63. The van der Waals surface area contributed by atoms with Crippen LogP contribution in [0.4, 0.5) is 23.7 Å². The molecule has 0 spiro atoms. The third-order valence-corrected chi connectivity index (χ3v) is 8.89. The van der Waals surface area contributed by atoms with E-state index in [1.165, 1.54) is 52.0 Å². The second-order valence-electron chi connectivity index (χ2n) is 11.6. The summed E-state index contributed by atoms with van der Waals surface area (Å²) in [6.45, 7) is 11.1. The Morgan fingerprint density at radius 1 is 1.09 bits per heavy atom. The highest BCUT2D eigenvalue weighted by molar-refractivity contribution is 8.14. The van der Waals surface area contributed by atoms with Crippen molar-refractivity contribution in [2.24, 2.45) is 4.99 Å². The van der Waals surface area contributed by atoms with Gasteiger partial charge in [-0.15, -0.1) is 18.3 Å². The lowest BCUT2D eigenvalue weighted by molar-refractivity contribution is -0.274. The summed E-state index contributed by atoms with van der Waals surface area (Å²) in [6.07, 6.45) is -1.48. The first-order valence-electron chi connectivity index (χ1n) is 15.1. The highest BCUT2D eigenvalue weighted by Crippen LogP contribution is 2.34. The maximum absolute atomic E-state index is 12.9. The van der Waals surface area contributed by atoms with Gasteiger partial charge in [-0.25, -0.2) is 14.5 Å². The lowest BCUT2D eigenvalue weighted by Crippen LogP contribution is -2.43. The van der Waals surface area contributed by atoms with Crippen LogP contribution in [0.1, 0.15) is 54.9 Å². The number of rotatable bonds is 8. The minimum Gasteiger partial charge on any atom is -0.406 e. The van der Waals surface area contributed by atoms with Crippen LogP contribution in [0.3, 0.4) is 0 Å². The Bertz CT molecular complexity index is 1680. The number of aromatic nitrogens is 3. The highest BCUT2D eigenvalue weighted by atomic mass is 32.2. The minimum atomic E-state index is -4.75. The highest BCUT2D eigenvalue weighted by Gasteiger charge is 2.31. The molecule has 2 unspecified atom stereocenters. The summed E-state index contributed by atoms with van der Waals surface area (Å²) >= 11 is 1.62. The number of carbonyl (C=O) groups excluding carboxylic acids is 1. The molecule has 3 aromatic carbocycles. The molecule has 12 heteroatoms. The molecule has 2 amide bonds. The number of nitrogens with one attached hydrogen (secondary N) is 1. The first-order chi connectivity index (χ1) is 21.9. The first kappa shape index (κ1) is 33.1. The molecule has 1 saturated heterocycles. The van der Waals surface area contributed by atoms with Gasteiger partial charge in [-0.3, -0.25) is 0 Å².